The molecule has 0 aromatic heterocycles. The van der Waals surface area contributed by atoms with Crippen molar-refractivity contribution in [1.82, 2.24) is 5.32 Å². The first kappa shape index (κ1) is 15.4. The molecule has 1 unspecified atom stereocenters. The number of hydrogen-bond donors (Lipinski definition) is 1. The lowest BCUT2D eigenvalue weighted by atomic mass is 9.95. The molecule has 0 radical (unpaired) electrons. The number of methoxy groups -OCH3 is 1. The summed E-state index contributed by atoms with van der Waals surface area (Å²) in [4.78, 5) is 11.7. The van der Waals surface area contributed by atoms with Crippen LogP contribution in [0.3, 0.4) is 0 Å². The Hall–Kier alpha value is -0.610. The fraction of sp³-hybridized carbons (Fsp3) is 0.929. The van der Waals surface area contributed by atoms with Gasteiger partial charge in [-0.1, -0.05) is 6.92 Å². The zero-order valence-electron chi connectivity index (χ0n) is 12.0. The van der Waals surface area contributed by atoms with E-state index in [9.17, 15) is 4.79 Å². The van der Waals surface area contributed by atoms with Gasteiger partial charge < -0.3 is 14.8 Å². The third-order valence-electron chi connectivity index (χ3n) is 3.47. The van der Waals surface area contributed by atoms with Crippen LogP contribution < -0.4 is 5.32 Å². The number of hydrogen-bond acceptors (Lipinski definition) is 4. The normalized spacial score (nSPS) is 18.4. The van der Waals surface area contributed by atoms with Crippen LogP contribution in [-0.4, -0.2) is 38.4 Å². The first-order valence-electron chi connectivity index (χ1n) is 7.03. The predicted octanol–water partition coefficient (Wildman–Crippen LogP) is 2.12. The summed E-state index contributed by atoms with van der Waals surface area (Å²) in [6.45, 7) is 6.40. The Morgan fingerprint density at radius 2 is 2.11 bits per heavy atom. The van der Waals surface area contributed by atoms with Gasteiger partial charge in [0.2, 0.25) is 0 Å². The van der Waals surface area contributed by atoms with Crippen molar-refractivity contribution in [3.8, 4) is 0 Å². The molecule has 0 saturated heterocycles. The summed E-state index contributed by atoms with van der Waals surface area (Å²) in [5.41, 5.74) is -0.556. The van der Waals surface area contributed by atoms with Gasteiger partial charge in [0.1, 0.15) is 5.54 Å². The molecule has 0 aromatic carbocycles. The minimum atomic E-state index is -0.556. The number of nitrogens with one attached hydrogen (secondary N) is 1. The molecule has 106 valence electrons. The Labute approximate surface area is 110 Å². The van der Waals surface area contributed by atoms with Gasteiger partial charge in [-0.15, -0.1) is 0 Å². The van der Waals surface area contributed by atoms with E-state index in [-0.39, 0.29) is 5.97 Å². The molecule has 1 rings (SSSR count). The van der Waals surface area contributed by atoms with Crippen LogP contribution in [0.2, 0.25) is 0 Å². The largest absolute Gasteiger partial charge is 0.468 e. The Balaban J connectivity index is 2.13. The second kappa shape index (κ2) is 7.74. The van der Waals surface area contributed by atoms with Crippen LogP contribution in [0.4, 0.5) is 0 Å². The van der Waals surface area contributed by atoms with Crippen molar-refractivity contribution in [3.63, 3.8) is 0 Å². The van der Waals surface area contributed by atoms with Gasteiger partial charge in [-0.05, 0) is 51.5 Å². The molecule has 1 N–H and O–H groups in total. The maximum absolute atomic E-state index is 11.7. The minimum Gasteiger partial charge on any atom is -0.468 e. The molecular formula is C14H27NO3. The lowest BCUT2D eigenvalue weighted by Crippen LogP contribution is -2.50. The van der Waals surface area contributed by atoms with Gasteiger partial charge in [-0.25, -0.2) is 0 Å². The standard InChI is InChI=1S/C14H27NO3/c1-4-15-14(2,13(16)17-3)9-5-6-10-18-11-12-7-8-12/h12,15H,4-11H2,1-3H3. The van der Waals surface area contributed by atoms with Gasteiger partial charge in [0.15, 0.2) is 0 Å². The van der Waals surface area contributed by atoms with Crippen molar-refractivity contribution in [3.05, 3.63) is 0 Å². The molecule has 4 heteroatoms. The molecule has 0 amide bonds. The van der Waals surface area contributed by atoms with E-state index in [1.54, 1.807) is 0 Å². The molecule has 0 spiro atoms. The molecule has 0 bridgehead atoms. The summed E-state index contributed by atoms with van der Waals surface area (Å²) in [5, 5.41) is 3.21. The van der Waals surface area contributed by atoms with Gasteiger partial charge in [0, 0.05) is 13.2 Å². The molecule has 1 fully saturated rings. The summed E-state index contributed by atoms with van der Waals surface area (Å²) in [5.74, 6) is 0.648. The molecule has 1 atom stereocenters. The fourth-order valence-corrected chi connectivity index (χ4v) is 2.10. The molecule has 0 heterocycles. The van der Waals surface area contributed by atoms with Crippen LogP contribution in [0.5, 0.6) is 0 Å². The number of rotatable bonds is 10. The van der Waals surface area contributed by atoms with Crippen molar-refractivity contribution in [2.45, 2.75) is 51.5 Å². The van der Waals surface area contributed by atoms with E-state index < -0.39 is 5.54 Å². The quantitative estimate of drug-likeness (QED) is 0.481. The van der Waals surface area contributed by atoms with Crippen LogP contribution in [0.25, 0.3) is 0 Å². The van der Waals surface area contributed by atoms with E-state index >= 15 is 0 Å². The Morgan fingerprint density at radius 3 is 2.67 bits per heavy atom. The summed E-state index contributed by atoms with van der Waals surface area (Å²) in [7, 11) is 1.44. The Morgan fingerprint density at radius 1 is 1.39 bits per heavy atom. The average Bonchev–Trinajstić information content (AvgIpc) is 3.17. The van der Waals surface area contributed by atoms with Crippen LogP contribution in [0.15, 0.2) is 0 Å². The third kappa shape index (κ3) is 5.36. The molecule has 4 nitrogen and oxygen atoms in total. The van der Waals surface area contributed by atoms with E-state index in [1.807, 2.05) is 13.8 Å². The molecule has 0 aromatic rings. The minimum absolute atomic E-state index is 0.178. The number of likely N-dealkylation sites (N-methyl/N-ethyl adjacent to an activating group) is 1. The second-order valence-electron chi connectivity index (χ2n) is 5.33. The zero-order chi connectivity index (χ0) is 13.4. The van der Waals surface area contributed by atoms with Crippen molar-refractivity contribution >= 4 is 5.97 Å². The third-order valence-corrected chi connectivity index (χ3v) is 3.47. The SMILES string of the molecule is CCNC(C)(CCCCOCC1CC1)C(=O)OC. The Bertz CT molecular complexity index is 253. The van der Waals surface area contributed by atoms with Gasteiger partial charge in [-0.2, -0.15) is 0 Å². The van der Waals surface area contributed by atoms with Gasteiger partial charge in [0.05, 0.1) is 7.11 Å². The predicted molar refractivity (Wildman–Crippen MR) is 71.5 cm³/mol. The highest BCUT2D eigenvalue weighted by Crippen LogP contribution is 2.28. The smallest absolute Gasteiger partial charge is 0.325 e. The van der Waals surface area contributed by atoms with Gasteiger partial charge >= 0.3 is 5.97 Å². The molecule has 1 aliphatic rings. The maximum Gasteiger partial charge on any atom is 0.325 e. The van der Waals surface area contributed by atoms with Crippen molar-refractivity contribution < 1.29 is 14.3 Å². The number of unbranched alkanes of at least 4 members (excludes halogenated alkanes) is 1. The lowest BCUT2D eigenvalue weighted by Gasteiger charge is -2.27. The molecule has 0 aliphatic heterocycles. The van der Waals surface area contributed by atoms with Crippen molar-refractivity contribution in [2.75, 3.05) is 26.9 Å². The van der Waals surface area contributed by atoms with Gasteiger partial charge in [-0.3, -0.25) is 4.79 Å². The highest BCUT2D eigenvalue weighted by atomic mass is 16.5. The van der Waals surface area contributed by atoms with Crippen molar-refractivity contribution in [2.24, 2.45) is 5.92 Å². The van der Waals surface area contributed by atoms with E-state index in [1.165, 1.54) is 20.0 Å². The highest BCUT2D eigenvalue weighted by Gasteiger charge is 2.32. The monoisotopic (exact) mass is 257 g/mol. The lowest BCUT2D eigenvalue weighted by molar-refractivity contribution is -0.148. The number of carbonyl (C=O) groups is 1. The second-order valence-corrected chi connectivity index (χ2v) is 5.33. The van der Waals surface area contributed by atoms with Gasteiger partial charge in [0.25, 0.3) is 0 Å². The topological polar surface area (TPSA) is 47.6 Å². The molecular weight excluding hydrogens is 230 g/mol. The van der Waals surface area contributed by atoms with Crippen molar-refractivity contribution in [1.29, 1.82) is 0 Å². The summed E-state index contributed by atoms with van der Waals surface area (Å²) < 4.78 is 10.4. The maximum atomic E-state index is 11.7. The van der Waals surface area contributed by atoms with E-state index in [0.29, 0.717) is 0 Å². The number of esters is 1. The highest BCUT2D eigenvalue weighted by molar-refractivity contribution is 5.80. The van der Waals surface area contributed by atoms with E-state index in [4.69, 9.17) is 9.47 Å². The Kier molecular flexibility index (Phi) is 6.65. The van der Waals surface area contributed by atoms with Crippen LogP contribution in [-0.2, 0) is 14.3 Å². The molecule has 1 saturated carbocycles. The first-order valence-corrected chi connectivity index (χ1v) is 7.03. The van der Waals surface area contributed by atoms with Crippen LogP contribution in [0, 0.1) is 5.92 Å². The van der Waals surface area contributed by atoms with E-state index in [2.05, 4.69) is 5.32 Å². The zero-order valence-corrected chi connectivity index (χ0v) is 12.0. The van der Waals surface area contributed by atoms with Crippen LogP contribution in [0.1, 0.15) is 46.0 Å². The first-order chi connectivity index (χ1) is 8.62. The summed E-state index contributed by atoms with van der Waals surface area (Å²) >= 11 is 0. The number of carbonyl (C=O) groups excluding carboxylic acids is 1. The molecule has 1 aliphatic carbocycles. The van der Waals surface area contributed by atoms with Crippen LogP contribution >= 0.6 is 0 Å². The summed E-state index contributed by atoms with van der Waals surface area (Å²) in [6.07, 6.45) is 5.44. The molecule has 18 heavy (non-hydrogen) atoms. The summed E-state index contributed by atoms with van der Waals surface area (Å²) in [6, 6.07) is 0. The van der Waals surface area contributed by atoms with E-state index in [0.717, 1.165) is 44.9 Å². The average molecular weight is 257 g/mol. The fourth-order valence-electron chi connectivity index (χ4n) is 2.10. The number of ether oxygens (including phenoxy) is 2.